The fraction of sp³-hybridized carbons (Fsp3) is 0.417. The van der Waals surface area contributed by atoms with Crippen LogP contribution in [-0.2, 0) is 4.79 Å². The lowest BCUT2D eigenvalue weighted by molar-refractivity contribution is -0.124. The topological polar surface area (TPSA) is 83.1 Å². The molecule has 19 heavy (non-hydrogen) atoms. The van der Waals surface area contributed by atoms with E-state index in [1.54, 1.807) is 13.1 Å². The van der Waals surface area contributed by atoms with Crippen molar-refractivity contribution in [3.05, 3.63) is 22.8 Å². The van der Waals surface area contributed by atoms with E-state index in [0.717, 1.165) is 6.42 Å². The lowest BCUT2D eigenvalue weighted by atomic mass is 10.1. The molecule has 2 amide bonds. The van der Waals surface area contributed by atoms with Crippen molar-refractivity contribution in [2.24, 2.45) is 0 Å². The number of pyridine rings is 1. The maximum Gasteiger partial charge on any atom is 0.253 e. The highest BCUT2D eigenvalue weighted by Gasteiger charge is 2.24. The molecule has 6 nitrogen and oxygen atoms in total. The summed E-state index contributed by atoms with van der Waals surface area (Å²) in [5, 5.41) is 8.49. The molecule has 2 heterocycles. The van der Waals surface area contributed by atoms with E-state index < -0.39 is 6.04 Å². The third-order valence-corrected chi connectivity index (χ3v) is 3.25. The van der Waals surface area contributed by atoms with Gasteiger partial charge < -0.3 is 16.0 Å². The third kappa shape index (κ3) is 3.14. The van der Waals surface area contributed by atoms with Crippen LogP contribution in [0.3, 0.4) is 0 Å². The van der Waals surface area contributed by atoms with Gasteiger partial charge in [-0.3, -0.25) is 9.59 Å². The zero-order chi connectivity index (χ0) is 13.8. The number of carbonyl (C=O) groups is 2. The Morgan fingerprint density at radius 3 is 3.05 bits per heavy atom. The molecule has 1 fully saturated rings. The maximum atomic E-state index is 12.1. The number of aromatic nitrogens is 1. The first-order valence-electron chi connectivity index (χ1n) is 6.03. The lowest BCUT2D eigenvalue weighted by Gasteiger charge is -2.23. The highest BCUT2D eigenvalue weighted by molar-refractivity contribution is 6.33. The van der Waals surface area contributed by atoms with Crippen molar-refractivity contribution >= 4 is 29.2 Å². The summed E-state index contributed by atoms with van der Waals surface area (Å²) < 4.78 is 0. The zero-order valence-corrected chi connectivity index (χ0v) is 11.3. The number of anilines is 1. The smallest absolute Gasteiger partial charge is 0.253 e. The molecule has 1 unspecified atom stereocenters. The van der Waals surface area contributed by atoms with E-state index in [4.69, 9.17) is 11.6 Å². The number of nitrogens with zero attached hydrogens (tertiary/aromatic N) is 1. The number of rotatable bonds is 3. The highest BCUT2D eigenvalue weighted by Crippen LogP contribution is 2.18. The summed E-state index contributed by atoms with van der Waals surface area (Å²) in [6, 6.07) is 1.06. The van der Waals surface area contributed by atoms with E-state index in [0.29, 0.717) is 24.3 Å². The molecule has 102 valence electrons. The minimum atomic E-state index is -0.497. The number of piperidine rings is 1. The molecule has 1 aromatic rings. The number of hydrogen-bond donors (Lipinski definition) is 3. The minimum absolute atomic E-state index is 0.154. The Morgan fingerprint density at radius 1 is 1.58 bits per heavy atom. The second-order valence-electron chi connectivity index (χ2n) is 4.26. The second kappa shape index (κ2) is 5.88. The minimum Gasteiger partial charge on any atom is -0.373 e. The summed E-state index contributed by atoms with van der Waals surface area (Å²) >= 11 is 5.95. The van der Waals surface area contributed by atoms with Crippen molar-refractivity contribution in [3.63, 3.8) is 0 Å². The van der Waals surface area contributed by atoms with Gasteiger partial charge in [-0.25, -0.2) is 4.98 Å². The first-order chi connectivity index (χ1) is 9.11. The molecule has 1 aliphatic heterocycles. The summed E-state index contributed by atoms with van der Waals surface area (Å²) in [7, 11) is 1.70. The van der Waals surface area contributed by atoms with E-state index >= 15 is 0 Å². The average molecular weight is 283 g/mol. The molecule has 0 bridgehead atoms. The molecule has 2 rings (SSSR count). The molecule has 0 aromatic carbocycles. The Hall–Kier alpha value is -1.82. The quantitative estimate of drug-likeness (QED) is 0.765. The van der Waals surface area contributed by atoms with Crippen LogP contribution in [0.5, 0.6) is 0 Å². The lowest BCUT2D eigenvalue weighted by Crippen LogP contribution is -2.50. The van der Waals surface area contributed by atoms with E-state index in [2.05, 4.69) is 20.9 Å². The molecular formula is C12H15ClN4O2. The summed E-state index contributed by atoms with van der Waals surface area (Å²) in [5.41, 5.74) is 0.305. The molecule has 7 heteroatoms. The number of hydrogen-bond acceptors (Lipinski definition) is 4. The van der Waals surface area contributed by atoms with Gasteiger partial charge in [0.05, 0.1) is 10.6 Å². The van der Waals surface area contributed by atoms with Gasteiger partial charge >= 0.3 is 0 Å². The van der Waals surface area contributed by atoms with Crippen LogP contribution in [0.25, 0.3) is 0 Å². The number of amides is 2. The van der Waals surface area contributed by atoms with Gasteiger partial charge in [-0.15, -0.1) is 0 Å². The highest BCUT2D eigenvalue weighted by atomic mass is 35.5. The second-order valence-corrected chi connectivity index (χ2v) is 4.67. The molecular weight excluding hydrogens is 268 g/mol. The summed E-state index contributed by atoms with van der Waals surface area (Å²) in [4.78, 5) is 27.7. The third-order valence-electron chi connectivity index (χ3n) is 2.95. The van der Waals surface area contributed by atoms with Crippen molar-refractivity contribution in [1.29, 1.82) is 0 Å². The van der Waals surface area contributed by atoms with Gasteiger partial charge in [0, 0.05) is 19.8 Å². The van der Waals surface area contributed by atoms with E-state index in [1.165, 1.54) is 6.20 Å². The van der Waals surface area contributed by atoms with Gasteiger partial charge in [-0.1, -0.05) is 11.6 Å². The largest absolute Gasteiger partial charge is 0.373 e. The van der Waals surface area contributed by atoms with E-state index in [9.17, 15) is 9.59 Å². The Kier molecular flexibility index (Phi) is 4.21. The summed E-state index contributed by atoms with van der Waals surface area (Å²) in [5.74, 6) is 0.0206. The van der Waals surface area contributed by atoms with Gasteiger partial charge in [-0.05, 0) is 18.9 Å². The predicted octanol–water partition coefficient (Wildman–Crippen LogP) is 0.785. The summed E-state index contributed by atoms with van der Waals surface area (Å²) in [6.45, 7) is 0.658. The Labute approximate surface area is 115 Å². The number of carbonyl (C=O) groups excluding carboxylic acids is 2. The van der Waals surface area contributed by atoms with Crippen molar-refractivity contribution in [2.75, 3.05) is 18.9 Å². The SMILES string of the molecule is CNc1cc(C(=O)NC2CCCNC2=O)c(Cl)cn1. The molecule has 0 radical (unpaired) electrons. The van der Waals surface area contributed by atoms with Crippen LogP contribution in [-0.4, -0.2) is 36.4 Å². The van der Waals surface area contributed by atoms with Gasteiger partial charge in [0.2, 0.25) is 5.91 Å². The molecule has 3 N–H and O–H groups in total. The normalized spacial score (nSPS) is 18.6. The molecule has 1 saturated heterocycles. The van der Waals surface area contributed by atoms with Crippen LogP contribution >= 0.6 is 11.6 Å². The van der Waals surface area contributed by atoms with Crippen LogP contribution in [0.2, 0.25) is 5.02 Å². The number of nitrogens with one attached hydrogen (secondary N) is 3. The predicted molar refractivity (Wildman–Crippen MR) is 72.3 cm³/mol. The monoisotopic (exact) mass is 282 g/mol. The van der Waals surface area contributed by atoms with Gasteiger partial charge in [-0.2, -0.15) is 0 Å². The van der Waals surface area contributed by atoms with Gasteiger partial charge in [0.25, 0.3) is 5.91 Å². The fourth-order valence-corrected chi connectivity index (χ4v) is 2.08. The van der Waals surface area contributed by atoms with Crippen molar-refractivity contribution < 1.29 is 9.59 Å². The van der Waals surface area contributed by atoms with Gasteiger partial charge in [0.15, 0.2) is 0 Å². The Bertz CT molecular complexity index is 507. The molecule has 1 aromatic heterocycles. The Morgan fingerprint density at radius 2 is 2.37 bits per heavy atom. The van der Waals surface area contributed by atoms with Crippen molar-refractivity contribution in [1.82, 2.24) is 15.6 Å². The first-order valence-corrected chi connectivity index (χ1v) is 6.41. The molecule has 0 spiro atoms. The van der Waals surface area contributed by atoms with E-state index in [1.807, 2.05) is 0 Å². The zero-order valence-electron chi connectivity index (χ0n) is 10.5. The van der Waals surface area contributed by atoms with E-state index in [-0.39, 0.29) is 16.8 Å². The summed E-state index contributed by atoms with van der Waals surface area (Å²) in [6.07, 6.45) is 2.89. The molecule has 0 aliphatic carbocycles. The van der Waals surface area contributed by atoms with Gasteiger partial charge in [0.1, 0.15) is 11.9 Å². The fourth-order valence-electron chi connectivity index (χ4n) is 1.90. The molecule has 0 saturated carbocycles. The first kappa shape index (κ1) is 13.6. The van der Waals surface area contributed by atoms with Crippen LogP contribution in [0, 0.1) is 0 Å². The molecule has 1 aliphatic rings. The Balaban J connectivity index is 2.13. The average Bonchev–Trinajstić information content (AvgIpc) is 2.42. The molecule has 1 atom stereocenters. The van der Waals surface area contributed by atoms with Crippen LogP contribution in [0.1, 0.15) is 23.2 Å². The van der Waals surface area contributed by atoms with Crippen molar-refractivity contribution in [3.8, 4) is 0 Å². The standard InChI is InChI=1S/C12H15ClN4O2/c1-14-10-5-7(8(13)6-16-10)11(18)17-9-3-2-4-15-12(9)19/h5-6,9H,2-4H2,1H3,(H,14,16)(H,15,19)(H,17,18). The number of halogens is 1. The van der Waals surface area contributed by atoms with Crippen LogP contribution in [0.15, 0.2) is 12.3 Å². The van der Waals surface area contributed by atoms with Crippen LogP contribution < -0.4 is 16.0 Å². The van der Waals surface area contributed by atoms with Crippen molar-refractivity contribution in [2.45, 2.75) is 18.9 Å². The maximum absolute atomic E-state index is 12.1. The van der Waals surface area contributed by atoms with Crippen LogP contribution in [0.4, 0.5) is 5.82 Å².